The Balaban J connectivity index is 2.54. The van der Waals surface area contributed by atoms with Crippen molar-refractivity contribution in [2.24, 2.45) is 5.41 Å². The fraction of sp³-hybridized carbons (Fsp3) is 0.625. The van der Waals surface area contributed by atoms with E-state index < -0.39 is 5.97 Å². The summed E-state index contributed by atoms with van der Waals surface area (Å²) in [6.45, 7) is 2.02. The molecule has 0 aromatic carbocycles. The van der Waals surface area contributed by atoms with Gasteiger partial charge in [-0.15, -0.1) is 0 Å². The molecule has 0 bridgehead atoms. The zero-order valence-electron chi connectivity index (χ0n) is 5.94. The molecule has 0 aliphatic heterocycles. The number of carbonyl (C=O) groups excluding carboxylic acids is 1. The predicted octanol–water partition coefficient (Wildman–Crippen LogP) is -0.0701. The normalized spacial score (nSPS) is 18.9. The first-order valence-electron chi connectivity index (χ1n) is 3.43. The zero-order chi connectivity index (χ0) is 7.61. The number of hydrogen-bond acceptors (Lipinski definition) is 2. The molecule has 1 saturated carbocycles. The number of carbonyl (C=O) groups is 1. The Morgan fingerprint density at radius 2 is 2.30 bits per heavy atom. The van der Waals surface area contributed by atoms with E-state index >= 15 is 0 Å². The molecular weight excluding hydrogens is 128 g/mol. The molecule has 54 valence electrons. The van der Waals surface area contributed by atoms with E-state index in [4.69, 9.17) is 0 Å². The van der Waals surface area contributed by atoms with Crippen LogP contribution in [0.3, 0.4) is 0 Å². The van der Waals surface area contributed by atoms with Crippen LogP contribution in [0.15, 0.2) is 0 Å². The molecule has 0 unspecified atom stereocenters. The lowest BCUT2D eigenvalue weighted by atomic mass is 10.1. The summed E-state index contributed by atoms with van der Waals surface area (Å²) in [5.74, 6) is 3.50. The van der Waals surface area contributed by atoms with Gasteiger partial charge in [-0.3, -0.25) is 0 Å². The molecule has 0 spiro atoms. The summed E-state index contributed by atoms with van der Waals surface area (Å²) in [4.78, 5) is 9.90. The van der Waals surface area contributed by atoms with Gasteiger partial charge in [-0.05, 0) is 25.2 Å². The van der Waals surface area contributed by atoms with Crippen LogP contribution in [0, 0.1) is 17.3 Å². The molecular formula is C8H9O2-. The van der Waals surface area contributed by atoms with Gasteiger partial charge in [0.05, 0.1) is 0 Å². The number of aliphatic carboxylic acids is 1. The van der Waals surface area contributed by atoms with E-state index in [-0.39, 0.29) is 5.41 Å². The Kier molecular flexibility index (Phi) is 1.67. The second kappa shape index (κ2) is 2.34. The van der Waals surface area contributed by atoms with Crippen LogP contribution in [0.1, 0.15) is 26.2 Å². The van der Waals surface area contributed by atoms with E-state index in [9.17, 15) is 9.90 Å². The van der Waals surface area contributed by atoms with Crippen molar-refractivity contribution in [1.82, 2.24) is 0 Å². The summed E-state index contributed by atoms with van der Waals surface area (Å²) < 4.78 is 0. The Hall–Kier alpha value is -0.970. The molecule has 1 fully saturated rings. The van der Waals surface area contributed by atoms with E-state index in [0.717, 1.165) is 19.3 Å². The molecule has 0 N–H and O–H groups in total. The fourth-order valence-corrected chi connectivity index (χ4v) is 0.901. The van der Waals surface area contributed by atoms with Crippen LogP contribution < -0.4 is 5.11 Å². The van der Waals surface area contributed by atoms with Gasteiger partial charge in [0.25, 0.3) is 0 Å². The number of carboxylic acids is 1. The molecule has 0 amide bonds. The van der Waals surface area contributed by atoms with Gasteiger partial charge in [-0.2, -0.15) is 0 Å². The molecule has 1 aliphatic rings. The molecule has 10 heavy (non-hydrogen) atoms. The van der Waals surface area contributed by atoms with Crippen LogP contribution in [0.5, 0.6) is 0 Å². The van der Waals surface area contributed by atoms with Gasteiger partial charge in [-0.25, -0.2) is 0 Å². The maximum Gasteiger partial charge on any atom is 0.116 e. The van der Waals surface area contributed by atoms with Crippen LogP contribution in [-0.2, 0) is 4.79 Å². The standard InChI is InChI=1S/C8H10O2/c1-2-8(5-6-8)4-3-7(9)10/h2,5-6H2,1H3,(H,9,10)/p-1. The van der Waals surface area contributed by atoms with Crippen LogP contribution in [0.25, 0.3) is 0 Å². The fourth-order valence-electron chi connectivity index (χ4n) is 0.901. The minimum atomic E-state index is -1.26. The van der Waals surface area contributed by atoms with Gasteiger partial charge in [0, 0.05) is 5.41 Å². The van der Waals surface area contributed by atoms with Gasteiger partial charge < -0.3 is 9.90 Å². The van der Waals surface area contributed by atoms with E-state index in [1.807, 2.05) is 6.92 Å². The smallest absolute Gasteiger partial charge is 0.116 e. The first-order valence-corrected chi connectivity index (χ1v) is 3.43. The number of hydrogen-bond donors (Lipinski definition) is 0. The molecule has 1 aliphatic carbocycles. The quantitative estimate of drug-likeness (QED) is 0.474. The van der Waals surface area contributed by atoms with Crippen LogP contribution >= 0.6 is 0 Å². The van der Waals surface area contributed by atoms with Crippen molar-refractivity contribution < 1.29 is 9.90 Å². The molecule has 1 rings (SSSR count). The highest BCUT2D eigenvalue weighted by Gasteiger charge is 2.38. The van der Waals surface area contributed by atoms with Gasteiger partial charge in [-0.1, -0.05) is 12.8 Å². The monoisotopic (exact) mass is 137 g/mol. The van der Waals surface area contributed by atoms with Crippen LogP contribution in [-0.4, -0.2) is 5.97 Å². The second-order valence-corrected chi connectivity index (χ2v) is 2.67. The maximum absolute atomic E-state index is 9.90. The molecule has 0 radical (unpaired) electrons. The Labute approximate surface area is 60.2 Å². The average molecular weight is 137 g/mol. The van der Waals surface area contributed by atoms with Gasteiger partial charge >= 0.3 is 0 Å². The van der Waals surface area contributed by atoms with E-state index in [1.165, 1.54) is 0 Å². The minimum Gasteiger partial charge on any atom is -0.537 e. The summed E-state index contributed by atoms with van der Waals surface area (Å²) in [5.41, 5.74) is 0.0417. The third kappa shape index (κ3) is 1.51. The highest BCUT2D eigenvalue weighted by atomic mass is 16.4. The molecule has 0 saturated heterocycles. The van der Waals surface area contributed by atoms with Gasteiger partial charge in [0.2, 0.25) is 0 Å². The molecule has 0 aromatic rings. The Bertz CT molecular complexity index is 203. The minimum absolute atomic E-state index is 0.0417. The molecule has 0 heterocycles. The molecule has 0 aromatic heterocycles. The van der Waals surface area contributed by atoms with Gasteiger partial charge in [0.15, 0.2) is 0 Å². The third-order valence-electron chi connectivity index (χ3n) is 1.96. The van der Waals surface area contributed by atoms with Crippen molar-refractivity contribution in [3.63, 3.8) is 0 Å². The van der Waals surface area contributed by atoms with Crippen molar-refractivity contribution in [2.75, 3.05) is 0 Å². The molecule has 2 nitrogen and oxygen atoms in total. The lowest BCUT2D eigenvalue weighted by molar-refractivity contribution is -0.295. The maximum atomic E-state index is 9.90. The zero-order valence-corrected chi connectivity index (χ0v) is 5.94. The Morgan fingerprint density at radius 1 is 1.70 bits per heavy atom. The van der Waals surface area contributed by atoms with Crippen LogP contribution in [0.4, 0.5) is 0 Å². The van der Waals surface area contributed by atoms with Gasteiger partial charge in [0.1, 0.15) is 5.97 Å². The first-order chi connectivity index (χ1) is 4.68. The summed E-state index contributed by atoms with van der Waals surface area (Å²) in [6, 6.07) is 0. The van der Waals surface area contributed by atoms with E-state index in [0.29, 0.717) is 0 Å². The van der Waals surface area contributed by atoms with Crippen molar-refractivity contribution in [3.8, 4) is 11.8 Å². The summed E-state index contributed by atoms with van der Waals surface area (Å²) in [7, 11) is 0. The van der Waals surface area contributed by atoms with Crippen molar-refractivity contribution in [1.29, 1.82) is 0 Å². The number of carboxylic acid groups (broad SMARTS) is 1. The van der Waals surface area contributed by atoms with E-state index in [1.54, 1.807) is 0 Å². The van der Waals surface area contributed by atoms with Crippen LogP contribution in [0.2, 0.25) is 0 Å². The highest BCUT2D eigenvalue weighted by molar-refractivity contribution is 5.84. The molecule has 2 heteroatoms. The summed E-state index contributed by atoms with van der Waals surface area (Å²) in [5, 5.41) is 9.90. The largest absolute Gasteiger partial charge is 0.537 e. The second-order valence-electron chi connectivity index (χ2n) is 2.67. The summed E-state index contributed by atoms with van der Waals surface area (Å²) >= 11 is 0. The highest BCUT2D eigenvalue weighted by Crippen LogP contribution is 2.47. The lowest BCUT2D eigenvalue weighted by Gasteiger charge is -1.99. The molecule has 0 atom stereocenters. The lowest BCUT2D eigenvalue weighted by Crippen LogP contribution is -2.19. The average Bonchev–Trinajstić information content (AvgIpc) is 2.64. The van der Waals surface area contributed by atoms with Crippen molar-refractivity contribution in [2.45, 2.75) is 26.2 Å². The van der Waals surface area contributed by atoms with E-state index in [2.05, 4.69) is 11.8 Å². The van der Waals surface area contributed by atoms with Crippen molar-refractivity contribution in [3.05, 3.63) is 0 Å². The van der Waals surface area contributed by atoms with Crippen molar-refractivity contribution >= 4 is 5.97 Å². The first kappa shape index (κ1) is 7.14. The topological polar surface area (TPSA) is 40.1 Å². The number of rotatable bonds is 1. The third-order valence-corrected chi connectivity index (χ3v) is 1.96. The Morgan fingerprint density at radius 3 is 2.60 bits per heavy atom. The predicted molar refractivity (Wildman–Crippen MR) is 34.7 cm³/mol. The SMILES string of the molecule is CCC1(C#CC(=O)[O-])CC1. The summed E-state index contributed by atoms with van der Waals surface area (Å²) in [6.07, 6.45) is 3.04.